The fraction of sp³-hybridized carbons (Fsp3) is 0.464. The lowest BCUT2D eigenvalue weighted by Gasteiger charge is -2.32. The number of hydrogen-bond acceptors (Lipinski definition) is 7. The molecule has 0 saturated carbocycles. The second-order valence-corrected chi connectivity index (χ2v) is 10.8. The summed E-state index contributed by atoms with van der Waals surface area (Å²) in [5, 5.41) is 5.43. The number of carbonyl (C=O) groups is 2. The van der Waals surface area contributed by atoms with E-state index in [4.69, 9.17) is 35.6 Å². The Hall–Kier alpha value is -3.66. The van der Waals surface area contributed by atoms with Crippen molar-refractivity contribution in [2.75, 3.05) is 43.2 Å². The minimum absolute atomic E-state index is 0.101. The van der Waals surface area contributed by atoms with Gasteiger partial charge in [-0.25, -0.2) is 14.3 Å². The van der Waals surface area contributed by atoms with Crippen LogP contribution in [-0.4, -0.2) is 61.0 Å². The van der Waals surface area contributed by atoms with E-state index in [0.717, 1.165) is 6.42 Å². The highest BCUT2D eigenvalue weighted by Gasteiger charge is 2.33. The van der Waals surface area contributed by atoms with Gasteiger partial charge in [0.25, 0.3) is 0 Å². The molecule has 2 aliphatic rings. The van der Waals surface area contributed by atoms with Gasteiger partial charge in [-0.15, -0.1) is 5.10 Å². The molecule has 1 unspecified atom stereocenters. The highest BCUT2D eigenvalue weighted by atomic mass is 35.5. The van der Waals surface area contributed by atoms with Gasteiger partial charge >= 0.3 is 12.2 Å². The molecule has 1 fully saturated rings. The number of fused-ring (bicyclic) bond motifs is 1. The highest BCUT2D eigenvalue weighted by molar-refractivity contribution is 6.31. The third-order valence-corrected chi connectivity index (χ3v) is 6.97. The Bertz CT molecular complexity index is 1310. The molecule has 210 valence electrons. The van der Waals surface area contributed by atoms with Crippen molar-refractivity contribution in [2.24, 2.45) is 5.92 Å². The fourth-order valence-electron chi connectivity index (χ4n) is 4.27. The van der Waals surface area contributed by atoms with Crippen molar-refractivity contribution < 1.29 is 28.5 Å². The van der Waals surface area contributed by atoms with E-state index < -0.39 is 17.8 Å². The monoisotopic (exact) mass is 558 g/mol. The summed E-state index contributed by atoms with van der Waals surface area (Å²) in [5.41, 5.74) is 1.63. The molecule has 0 spiro atoms. The predicted octanol–water partition coefficient (Wildman–Crippen LogP) is 6.24. The molecular formula is C28H35ClN4O6. The molecule has 0 N–H and O–H groups in total. The van der Waals surface area contributed by atoms with E-state index in [1.165, 1.54) is 16.9 Å². The molecule has 39 heavy (non-hydrogen) atoms. The Morgan fingerprint density at radius 3 is 2.54 bits per heavy atom. The largest absolute Gasteiger partial charge is 0.494 e. The Labute approximate surface area is 233 Å². The highest BCUT2D eigenvalue weighted by Crippen LogP contribution is 2.42. The van der Waals surface area contributed by atoms with Gasteiger partial charge in [0.05, 0.1) is 31.6 Å². The van der Waals surface area contributed by atoms with Crippen molar-refractivity contribution >= 4 is 47.4 Å². The summed E-state index contributed by atoms with van der Waals surface area (Å²) in [6.45, 7) is 14.7. The topological polar surface area (TPSA) is 95.4 Å². The Morgan fingerprint density at radius 2 is 1.95 bits per heavy atom. The number of amides is 2. The zero-order valence-corrected chi connectivity index (χ0v) is 24.0. The summed E-state index contributed by atoms with van der Waals surface area (Å²) < 4.78 is 24.2. The minimum atomic E-state index is -0.654. The van der Waals surface area contributed by atoms with Crippen molar-refractivity contribution in [3.63, 3.8) is 0 Å². The number of anilines is 2. The van der Waals surface area contributed by atoms with Gasteiger partial charge in [0.15, 0.2) is 5.82 Å². The van der Waals surface area contributed by atoms with Crippen molar-refractivity contribution in [3.8, 4) is 17.2 Å². The Morgan fingerprint density at radius 1 is 1.23 bits per heavy atom. The molecule has 2 aliphatic heterocycles. The van der Waals surface area contributed by atoms with Crippen molar-refractivity contribution in [2.45, 2.75) is 46.6 Å². The summed E-state index contributed by atoms with van der Waals surface area (Å²) in [4.78, 5) is 28.4. The van der Waals surface area contributed by atoms with Crippen LogP contribution in [0, 0.1) is 5.92 Å². The van der Waals surface area contributed by atoms with Crippen LogP contribution in [0.15, 0.2) is 23.7 Å². The molecule has 0 bridgehead atoms. The van der Waals surface area contributed by atoms with Crippen LogP contribution in [0.3, 0.4) is 0 Å². The maximum atomic E-state index is 13.0. The second kappa shape index (κ2) is 11.2. The first-order chi connectivity index (χ1) is 18.5. The van der Waals surface area contributed by atoms with Gasteiger partial charge in [-0.1, -0.05) is 38.1 Å². The van der Waals surface area contributed by atoms with Crippen molar-refractivity contribution in [1.82, 2.24) is 9.78 Å². The summed E-state index contributed by atoms with van der Waals surface area (Å²) in [6.07, 6.45) is 3.35. The molecule has 1 atom stereocenters. The average molecular weight is 559 g/mol. The van der Waals surface area contributed by atoms with E-state index >= 15 is 0 Å². The standard InChI is InChI=1S/C28H35ClN4O6/c1-8-17(3)19(29)14-20-18(9-2)25(32-11-13-38-26(32)34)30-33(20)22-16-24-21(15-23(22)36-7)31(10-12-37-24)27(35)39-28(4,5)6/h9,14-17H,2,8,10-13H2,1,3-7H3/b19-14+. The first-order valence-corrected chi connectivity index (χ1v) is 13.3. The lowest BCUT2D eigenvalue weighted by molar-refractivity contribution is 0.0567. The Kier molecular flexibility index (Phi) is 8.15. The number of carbonyl (C=O) groups excluding carboxylic acids is 2. The van der Waals surface area contributed by atoms with Gasteiger partial charge in [-0.3, -0.25) is 9.80 Å². The number of methoxy groups -OCH3 is 1. The number of allylic oxidation sites excluding steroid dienone is 1. The number of rotatable bonds is 7. The smallest absolute Gasteiger partial charge is 0.415 e. The number of hydrogen-bond donors (Lipinski definition) is 0. The van der Waals surface area contributed by atoms with Crippen LogP contribution in [0.4, 0.5) is 21.1 Å². The maximum Gasteiger partial charge on any atom is 0.415 e. The summed E-state index contributed by atoms with van der Waals surface area (Å²) in [7, 11) is 1.53. The van der Waals surface area contributed by atoms with Crippen LogP contribution in [0.2, 0.25) is 0 Å². The summed E-state index contributed by atoms with van der Waals surface area (Å²) >= 11 is 6.71. The number of nitrogens with zero attached hydrogens (tertiary/aromatic N) is 4. The number of cyclic esters (lactones) is 1. The third-order valence-electron chi connectivity index (χ3n) is 6.48. The van der Waals surface area contributed by atoms with E-state index in [1.54, 1.807) is 22.9 Å². The molecule has 1 saturated heterocycles. The number of ether oxygens (including phenoxy) is 4. The predicted molar refractivity (Wildman–Crippen MR) is 151 cm³/mol. The molecule has 4 rings (SSSR count). The molecule has 11 heteroatoms. The zero-order chi connectivity index (χ0) is 28.5. The number of aromatic nitrogens is 2. The maximum absolute atomic E-state index is 13.0. The quantitative estimate of drug-likeness (QED) is 0.397. The van der Waals surface area contributed by atoms with Gasteiger partial charge in [0.2, 0.25) is 0 Å². The minimum Gasteiger partial charge on any atom is -0.494 e. The van der Waals surface area contributed by atoms with Crippen molar-refractivity contribution in [3.05, 3.63) is 35.0 Å². The van der Waals surface area contributed by atoms with E-state index in [1.807, 2.05) is 33.8 Å². The van der Waals surface area contributed by atoms with Crippen LogP contribution in [0.25, 0.3) is 17.8 Å². The van der Waals surface area contributed by atoms with Crippen molar-refractivity contribution in [1.29, 1.82) is 0 Å². The van der Waals surface area contributed by atoms with Crippen LogP contribution in [0.1, 0.15) is 52.3 Å². The second-order valence-electron chi connectivity index (χ2n) is 10.3. The van der Waals surface area contributed by atoms with Gasteiger partial charge < -0.3 is 18.9 Å². The zero-order valence-electron chi connectivity index (χ0n) is 23.2. The van der Waals surface area contributed by atoms with Gasteiger partial charge in [-0.05, 0) is 39.2 Å². The van der Waals surface area contributed by atoms with E-state index in [0.29, 0.717) is 58.1 Å². The number of benzene rings is 1. The number of halogens is 1. The molecule has 2 amide bonds. The average Bonchev–Trinajstić information content (AvgIpc) is 3.48. The first-order valence-electron chi connectivity index (χ1n) is 12.9. The molecular weight excluding hydrogens is 524 g/mol. The molecule has 2 aromatic rings. The SMILES string of the molecule is C=Cc1c(N2CCOC2=O)nn(-c2cc3c(cc2OC)N(C(=O)OC(C)(C)C)CCO3)c1/C=C(/Cl)C(C)CC. The lowest BCUT2D eigenvalue weighted by Crippen LogP contribution is -2.41. The fourth-order valence-corrected chi connectivity index (χ4v) is 4.53. The van der Waals surface area contributed by atoms with Gasteiger partial charge in [0.1, 0.15) is 36.0 Å². The summed E-state index contributed by atoms with van der Waals surface area (Å²) in [5.74, 6) is 1.38. The molecule has 0 radical (unpaired) electrons. The molecule has 10 nitrogen and oxygen atoms in total. The molecule has 0 aliphatic carbocycles. The van der Waals surface area contributed by atoms with E-state index in [-0.39, 0.29) is 19.1 Å². The first kappa shape index (κ1) is 28.4. The van der Waals surface area contributed by atoms with Crippen LogP contribution in [0.5, 0.6) is 11.5 Å². The molecule has 1 aromatic heterocycles. The Balaban J connectivity index is 1.91. The van der Waals surface area contributed by atoms with Crippen LogP contribution < -0.4 is 19.3 Å². The van der Waals surface area contributed by atoms with E-state index in [2.05, 4.69) is 13.5 Å². The van der Waals surface area contributed by atoms with Crippen LogP contribution >= 0.6 is 11.6 Å². The summed E-state index contributed by atoms with van der Waals surface area (Å²) in [6, 6.07) is 3.47. The molecule has 1 aromatic carbocycles. The molecule has 3 heterocycles. The van der Waals surface area contributed by atoms with Gasteiger partial charge in [0, 0.05) is 22.7 Å². The lowest BCUT2D eigenvalue weighted by atomic mass is 10.1. The third kappa shape index (κ3) is 5.71. The van der Waals surface area contributed by atoms with Gasteiger partial charge in [-0.2, -0.15) is 0 Å². The normalized spacial score (nSPS) is 16.4. The van der Waals surface area contributed by atoms with Crippen LogP contribution in [-0.2, 0) is 9.47 Å². The van der Waals surface area contributed by atoms with E-state index in [9.17, 15) is 9.59 Å².